The van der Waals surface area contributed by atoms with Gasteiger partial charge in [0.15, 0.2) is 0 Å². The lowest BCUT2D eigenvalue weighted by Crippen LogP contribution is -2.17. The molecule has 4 heteroatoms. The molecule has 1 aromatic heterocycles. The summed E-state index contributed by atoms with van der Waals surface area (Å²) in [5, 5.41) is 0.435. The lowest BCUT2D eigenvalue weighted by Gasteiger charge is -2.18. The van der Waals surface area contributed by atoms with Gasteiger partial charge >= 0.3 is 0 Å². The first-order valence-electron chi connectivity index (χ1n) is 3.75. The quantitative estimate of drug-likeness (QED) is 0.703. The van der Waals surface area contributed by atoms with Crippen LogP contribution in [0.15, 0.2) is 12.4 Å². The SMILES string of the molecule is CC(c1cnc(Cl)cn1)N(C)C. The van der Waals surface area contributed by atoms with Gasteiger partial charge in [0.05, 0.1) is 24.1 Å². The van der Waals surface area contributed by atoms with Gasteiger partial charge in [-0.05, 0) is 21.0 Å². The van der Waals surface area contributed by atoms with Crippen LogP contribution in [0.5, 0.6) is 0 Å². The van der Waals surface area contributed by atoms with Gasteiger partial charge in [-0.25, -0.2) is 4.98 Å². The van der Waals surface area contributed by atoms with Crippen LogP contribution in [0.1, 0.15) is 18.7 Å². The van der Waals surface area contributed by atoms with Crippen LogP contribution in [-0.4, -0.2) is 29.0 Å². The van der Waals surface area contributed by atoms with Crippen molar-refractivity contribution in [1.82, 2.24) is 14.9 Å². The summed E-state index contributed by atoms with van der Waals surface area (Å²) in [6.45, 7) is 2.07. The summed E-state index contributed by atoms with van der Waals surface area (Å²) in [6, 6.07) is 0.273. The van der Waals surface area contributed by atoms with E-state index in [2.05, 4.69) is 21.8 Å². The maximum Gasteiger partial charge on any atom is 0.147 e. The Morgan fingerprint density at radius 3 is 2.42 bits per heavy atom. The molecule has 0 bridgehead atoms. The average molecular weight is 186 g/mol. The van der Waals surface area contributed by atoms with Gasteiger partial charge < -0.3 is 4.90 Å². The summed E-state index contributed by atoms with van der Waals surface area (Å²) in [7, 11) is 4.00. The third kappa shape index (κ3) is 2.16. The fourth-order valence-corrected chi connectivity index (χ4v) is 0.900. The fraction of sp³-hybridized carbons (Fsp3) is 0.500. The van der Waals surface area contributed by atoms with E-state index in [1.807, 2.05) is 14.1 Å². The van der Waals surface area contributed by atoms with Gasteiger partial charge in [-0.15, -0.1) is 0 Å². The summed E-state index contributed by atoms with van der Waals surface area (Å²) < 4.78 is 0. The second-order valence-corrected chi connectivity index (χ2v) is 3.29. The Bertz CT molecular complexity index is 245. The van der Waals surface area contributed by atoms with E-state index in [0.717, 1.165) is 5.69 Å². The third-order valence-corrected chi connectivity index (χ3v) is 2.04. The van der Waals surface area contributed by atoms with E-state index in [1.54, 1.807) is 12.4 Å². The molecule has 1 rings (SSSR count). The standard InChI is InChI=1S/C8H12ClN3/c1-6(12(2)3)7-4-11-8(9)5-10-7/h4-6H,1-3H3. The summed E-state index contributed by atoms with van der Waals surface area (Å²) in [6.07, 6.45) is 3.27. The van der Waals surface area contributed by atoms with Crippen LogP contribution in [0.25, 0.3) is 0 Å². The highest BCUT2D eigenvalue weighted by Crippen LogP contribution is 2.14. The molecular weight excluding hydrogens is 174 g/mol. The van der Waals surface area contributed by atoms with E-state index in [0.29, 0.717) is 5.15 Å². The highest BCUT2D eigenvalue weighted by molar-refractivity contribution is 6.29. The lowest BCUT2D eigenvalue weighted by molar-refractivity contribution is 0.314. The van der Waals surface area contributed by atoms with Gasteiger partial charge in [-0.2, -0.15) is 0 Å². The number of nitrogens with zero attached hydrogens (tertiary/aromatic N) is 3. The summed E-state index contributed by atoms with van der Waals surface area (Å²) >= 11 is 5.61. The van der Waals surface area contributed by atoms with Crippen molar-refractivity contribution in [2.45, 2.75) is 13.0 Å². The third-order valence-electron chi connectivity index (χ3n) is 1.84. The minimum Gasteiger partial charge on any atom is -0.301 e. The minimum absolute atomic E-state index is 0.273. The second-order valence-electron chi connectivity index (χ2n) is 2.90. The van der Waals surface area contributed by atoms with Crippen molar-refractivity contribution in [3.63, 3.8) is 0 Å². The predicted molar refractivity (Wildman–Crippen MR) is 49.1 cm³/mol. The molecule has 0 aliphatic rings. The van der Waals surface area contributed by atoms with Crippen LogP contribution in [0, 0.1) is 0 Å². The molecule has 0 saturated carbocycles. The zero-order chi connectivity index (χ0) is 9.14. The number of halogens is 1. The molecule has 1 unspecified atom stereocenters. The fourth-order valence-electron chi connectivity index (χ4n) is 0.803. The van der Waals surface area contributed by atoms with Crippen LogP contribution >= 0.6 is 11.6 Å². The highest BCUT2D eigenvalue weighted by atomic mass is 35.5. The van der Waals surface area contributed by atoms with Crippen LogP contribution < -0.4 is 0 Å². The normalized spacial score (nSPS) is 13.4. The molecule has 0 spiro atoms. The van der Waals surface area contributed by atoms with E-state index in [4.69, 9.17) is 11.6 Å². The van der Waals surface area contributed by atoms with Crippen molar-refractivity contribution in [2.75, 3.05) is 14.1 Å². The topological polar surface area (TPSA) is 29.0 Å². The number of aromatic nitrogens is 2. The molecule has 0 N–H and O–H groups in total. The smallest absolute Gasteiger partial charge is 0.147 e. The van der Waals surface area contributed by atoms with Crippen LogP contribution in [0.3, 0.4) is 0 Å². The monoisotopic (exact) mass is 185 g/mol. The summed E-state index contributed by atoms with van der Waals surface area (Å²) in [4.78, 5) is 10.2. The van der Waals surface area contributed by atoms with Crippen LogP contribution in [-0.2, 0) is 0 Å². The van der Waals surface area contributed by atoms with Crippen molar-refractivity contribution in [1.29, 1.82) is 0 Å². The maximum atomic E-state index is 5.61. The molecule has 12 heavy (non-hydrogen) atoms. The molecule has 0 radical (unpaired) electrons. The molecule has 0 aromatic carbocycles. The maximum absolute atomic E-state index is 5.61. The molecular formula is C8H12ClN3. The Morgan fingerprint density at radius 1 is 1.33 bits per heavy atom. The van der Waals surface area contributed by atoms with Crippen molar-refractivity contribution in [3.05, 3.63) is 23.2 Å². The Kier molecular flexibility index (Phi) is 3.00. The molecule has 66 valence electrons. The Morgan fingerprint density at radius 2 is 2.00 bits per heavy atom. The minimum atomic E-state index is 0.273. The van der Waals surface area contributed by atoms with Gasteiger partial charge in [0.1, 0.15) is 5.15 Å². The first kappa shape index (κ1) is 9.42. The van der Waals surface area contributed by atoms with Crippen molar-refractivity contribution in [3.8, 4) is 0 Å². The van der Waals surface area contributed by atoms with Gasteiger partial charge in [0, 0.05) is 0 Å². The van der Waals surface area contributed by atoms with E-state index >= 15 is 0 Å². The van der Waals surface area contributed by atoms with E-state index in [1.165, 1.54) is 0 Å². The predicted octanol–water partition coefficient (Wildman–Crippen LogP) is 1.75. The van der Waals surface area contributed by atoms with E-state index < -0.39 is 0 Å². The van der Waals surface area contributed by atoms with E-state index in [9.17, 15) is 0 Å². The second kappa shape index (κ2) is 3.83. The zero-order valence-electron chi connectivity index (χ0n) is 7.45. The molecule has 1 atom stereocenters. The molecule has 0 aliphatic carbocycles. The lowest BCUT2D eigenvalue weighted by atomic mass is 10.2. The van der Waals surface area contributed by atoms with Crippen molar-refractivity contribution in [2.24, 2.45) is 0 Å². The Hall–Kier alpha value is -0.670. The zero-order valence-corrected chi connectivity index (χ0v) is 8.21. The molecule has 0 aliphatic heterocycles. The number of hydrogen-bond acceptors (Lipinski definition) is 3. The average Bonchev–Trinajstić information content (AvgIpc) is 2.04. The van der Waals surface area contributed by atoms with Crippen LogP contribution in [0.2, 0.25) is 5.15 Å². The first-order valence-corrected chi connectivity index (χ1v) is 4.13. The molecule has 0 amide bonds. The number of hydrogen-bond donors (Lipinski definition) is 0. The number of rotatable bonds is 2. The van der Waals surface area contributed by atoms with Gasteiger partial charge in [-0.3, -0.25) is 4.98 Å². The Labute approximate surface area is 77.4 Å². The van der Waals surface area contributed by atoms with Gasteiger partial charge in [0.2, 0.25) is 0 Å². The van der Waals surface area contributed by atoms with E-state index in [-0.39, 0.29) is 6.04 Å². The first-order chi connectivity index (χ1) is 5.61. The van der Waals surface area contributed by atoms with Crippen LogP contribution in [0.4, 0.5) is 0 Å². The largest absolute Gasteiger partial charge is 0.301 e. The molecule has 0 fully saturated rings. The molecule has 0 saturated heterocycles. The van der Waals surface area contributed by atoms with Crippen molar-refractivity contribution >= 4 is 11.6 Å². The Balaban J connectivity index is 2.82. The molecule has 1 aromatic rings. The van der Waals surface area contributed by atoms with Gasteiger partial charge in [0.25, 0.3) is 0 Å². The molecule has 3 nitrogen and oxygen atoms in total. The summed E-state index contributed by atoms with van der Waals surface area (Å²) in [5.74, 6) is 0. The summed E-state index contributed by atoms with van der Waals surface area (Å²) in [5.41, 5.74) is 0.935. The van der Waals surface area contributed by atoms with Gasteiger partial charge in [-0.1, -0.05) is 11.6 Å². The highest BCUT2D eigenvalue weighted by Gasteiger charge is 2.08. The molecule has 1 heterocycles. The van der Waals surface area contributed by atoms with Crippen molar-refractivity contribution < 1.29 is 0 Å².